The summed E-state index contributed by atoms with van der Waals surface area (Å²) < 4.78 is 0. The number of anilines is 3. The lowest BCUT2D eigenvalue weighted by atomic mass is 10.1. The van der Waals surface area contributed by atoms with E-state index in [4.69, 9.17) is 0 Å². The molecule has 0 atom stereocenters. The van der Waals surface area contributed by atoms with E-state index in [0.29, 0.717) is 5.95 Å². The first-order valence-corrected chi connectivity index (χ1v) is 6.66. The zero-order valence-corrected chi connectivity index (χ0v) is 11.7. The van der Waals surface area contributed by atoms with Crippen molar-refractivity contribution >= 4 is 17.5 Å². The van der Waals surface area contributed by atoms with E-state index in [0.717, 1.165) is 30.0 Å². The van der Waals surface area contributed by atoms with Gasteiger partial charge in [-0.15, -0.1) is 0 Å². The van der Waals surface area contributed by atoms with Crippen LogP contribution in [0.1, 0.15) is 25.0 Å². The van der Waals surface area contributed by atoms with E-state index >= 15 is 0 Å². The predicted molar refractivity (Wildman–Crippen MR) is 80.0 cm³/mol. The van der Waals surface area contributed by atoms with Crippen molar-refractivity contribution in [3.63, 3.8) is 0 Å². The van der Waals surface area contributed by atoms with E-state index in [2.05, 4.69) is 45.7 Å². The molecular weight excluding hydrogens is 236 g/mol. The van der Waals surface area contributed by atoms with Gasteiger partial charge in [-0.05, 0) is 38.0 Å². The molecule has 1 aromatic heterocycles. The summed E-state index contributed by atoms with van der Waals surface area (Å²) in [5, 5.41) is 6.48. The minimum Gasteiger partial charge on any atom is -0.354 e. The Balaban J connectivity index is 2.23. The zero-order valence-electron chi connectivity index (χ0n) is 11.7. The second-order valence-electron chi connectivity index (χ2n) is 4.43. The summed E-state index contributed by atoms with van der Waals surface area (Å²) in [6.45, 7) is 6.99. The third-order valence-electron chi connectivity index (χ3n) is 2.90. The van der Waals surface area contributed by atoms with Gasteiger partial charge in [0.25, 0.3) is 0 Å². The number of hydrogen-bond donors (Lipinski definition) is 2. The average Bonchev–Trinajstić information content (AvgIpc) is 2.43. The maximum atomic E-state index is 4.48. The number of benzene rings is 1. The fourth-order valence-corrected chi connectivity index (χ4v) is 1.82. The molecule has 0 aliphatic carbocycles. The minimum atomic E-state index is 0.655. The van der Waals surface area contributed by atoms with Gasteiger partial charge < -0.3 is 10.6 Å². The number of nitrogens with zero attached hydrogens (tertiary/aromatic N) is 2. The highest BCUT2D eigenvalue weighted by atomic mass is 15.1. The average molecular weight is 256 g/mol. The molecule has 0 spiro atoms. The second-order valence-corrected chi connectivity index (χ2v) is 4.43. The van der Waals surface area contributed by atoms with E-state index < -0.39 is 0 Å². The van der Waals surface area contributed by atoms with Crippen LogP contribution in [0.15, 0.2) is 30.5 Å². The third kappa shape index (κ3) is 3.44. The molecule has 2 N–H and O–H groups in total. The summed E-state index contributed by atoms with van der Waals surface area (Å²) in [7, 11) is 0. The van der Waals surface area contributed by atoms with Crippen LogP contribution in [0.4, 0.5) is 17.5 Å². The van der Waals surface area contributed by atoms with E-state index in [-0.39, 0.29) is 0 Å². The van der Waals surface area contributed by atoms with E-state index in [1.807, 2.05) is 26.1 Å². The van der Waals surface area contributed by atoms with Crippen molar-refractivity contribution in [1.82, 2.24) is 9.97 Å². The van der Waals surface area contributed by atoms with Crippen LogP contribution in [0.5, 0.6) is 0 Å². The molecule has 0 saturated carbocycles. The number of rotatable bonds is 5. The Morgan fingerprint density at radius 3 is 2.79 bits per heavy atom. The standard InChI is InChI=1S/C15H20N4/c1-4-12-7-6-8-13(9-12)18-14-11(3)10-17-15(19-14)16-5-2/h6-10H,4-5H2,1-3H3,(H2,16,17,18,19). The molecular formula is C15H20N4. The van der Waals surface area contributed by atoms with Crippen molar-refractivity contribution in [3.05, 3.63) is 41.6 Å². The molecule has 4 heteroatoms. The fraction of sp³-hybridized carbons (Fsp3) is 0.333. The number of aromatic nitrogens is 2. The molecule has 2 aromatic rings. The Bertz CT molecular complexity index is 552. The summed E-state index contributed by atoms with van der Waals surface area (Å²) >= 11 is 0. The first-order chi connectivity index (χ1) is 9.22. The van der Waals surface area contributed by atoms with Crippen LogP contribution < -0.4 is 10.6 Å². The maximum Gasteiger partial charge on any atom is 0.224 e. The molecule has 0 fully saturated rings. The van der Waals surface area contributed by atoms with E-state index in [9.17, 15) is 0 Å². The molecule has 2 rings (SSSR count). The zero-order chi connectivity index (χ0) is 13.7. The van der Waals surface area contributed by atoms with Gasteiger partial charge in [0.2, 0.25) is 5.95 Å². The SMILES string of the molecule is CCNc1ncc(C)c(Nc2cccc(CC)c2)n1. The smallest absolute Gasteiger partial charge is 0.224 e. The van der Waals surface area contributed by atoms with Gasteiger partial charge in [0.1, 0.15) is 5.82 Å². The second kappa shape index (κ2) is 6.18. The minimum absolute atomic E-state index is 0.655. The highest BCUT2D eigenvalue weighted by Gasteiger charge is 2.04. The quantitative estimate of drug-likeness (QED) is 0.859. The molecule has 0 aliphatic rings. The lowest BCUT2D eigenvalue weighted by Crippen LogP contribution is -2.05. The Kier molecular flexibility index (Phi) is 4.34. The van der Waals surface area contributed by atoms with Crippen molar-refractivity contribution in [3.8, 4) is 0 Å². The molecule has 1 heterocycles. The maximum absolute atomic E-state index is 4.48. The lowest BCUT2D eigenvalue weighted by molar-refractivity contribution is 1.07. The highest BCUT2D eigenvalue weighted by molar-refractivity contribution is 5.60. The third-order valence-corrected chi connectivity index (χ3v) is 2.90. The van der Waals surface area contributed by atoms with Gasteiger partial charge >= 0.3 is 0 Å². The fourth-order valence-electron chi connectivity index (χ4n) is 1.82. The van der Waals surface area contributed by atoms with Crippen LogP contribution in [-0.2, 0) is 6.42 Å². The Hall–Kier alpha value is -2.10. The molecule has 0 radical (unpaired) electrons. The lowest BCUT2D eigenvalue weighted by Gasteiger charge is -2.11. The van der Waals surface area contributed by atoms with Crippen molar-refractivity contribution in [2.45, 2.75) is 27.2 Å². The Morgan fingerprint density at radius 2 is 2.05 bits per heavy atom. The van der Waals surface area contributed by atoms with Gasteiger partial charge in [-0.25, -0.2) is 4.98 Å². The van der Waals surface area contributed by atoms with Crippen molar-refractivity contribution < 1.29 is 0 Å². The van der Waals surface area contributed by atoms with Gasteiger partial charge in [-0.3, -0.25) is 0 Å². The molecule has 0 bridgehead atoms. The van der Waals surface area contributed by atoms with Gasteiger partial charge in [0, 0.05) is 24.0 Å². The topological polar surface area (TPSA) is 49.8 Å². The van der Waals surface area contributed by atoms with Crippen LogP contribution in [-0.4, -0.2) is 16.5 Å². The van der Waals surface area contributed by atoms with Crippen molar-refractivity contribution in [2.75, 3.05) is 17.2 Å². The van der Waals surface area contributed by atoms with Crippen LogP contribution in [0.3, 0.4) is 0 Å². The number of nitrogens with one attached hydrogen (secondary N) is 2. The highest BCUT2D eigenvalue weighted by Crippen LogP contribution is 2.20. The van der Waals surface area contributed by atoms with Gasteiger partial charge in [0.15, 0.2) is 0 Å². The summed E-state index contributed by atoms with van der Waals surface area (Å²) in [5.41, 5.74) is 3.40. The predicted octanol–water partition coefficient (Wildman–Crippen LogP) is 3.52. The van der Waals surface area contributed by atoms with Crippen LogP contribution >= 0.6 is 0 Å². The number of hydrogen-bond acceptors (Lipinski definition) is 4. The van der Waals surface area contributed by atoms with Gasteiger partial charge in [0.05, 0.1) is 0 Å². The van der Waals surface area contributed by atoms with Gasteiger partial charge in [-0.2, -0.15) is 4.98 Å². The first-order valence-electron chi connectivity index (χ1n) is 6.66. The number of aryl methyl sites for hydroxylation is 2. The van der Waals surface area contributed by atoms with Gasteiger partial charge in [-0.1, -0.05) is 19.1 Å². The molecule has 4 nitrogen and oxygen atoms in total. The van der Waals surface area contributed by atoms with Crippen LogP contribution in [0, 0.1) is 6.92 Å². The van der Waals surface area contributed by atoms with E-state index in [1.54, 1.807) is 0 Å². The monoisotopic (exact) mass is 256 g/mol. The largest absolute Gasteiger partial charge is 0.354 e. The normalized spacial score (nSPS) is 10.3. The van der Waals surface area contributed by atoms with Crippen molar-refractivity contribution in [2.24, 2.45) is 0 Å². The van der Waals surface area contributed by atoms with E-state index in [1.165, 1.54) is 5.56 Å². The molecule has 1 aromatic carbocycles. The molecule has 0 aliphatic heterocycles. The first kappa shape index (κ1) is 13.3. The molecule has 0 amide bonds. The molecule has 100 valence electrons. The Labute approximate surface area is 114 Å². The summed E-state index contributed by atoms with van der Waals surface area (Å²) in [6, 6.07) is 8.38. The Morgan fingerprint density at radius 1 is 1.21 bits per heavy atom. The summed E-state index contributed by atoms with van der Waals surface area (Å²) in [6.07, 6.45) is 2.86. The summed E-state index contributed by atoms with van der Waals surface area (Å²) in [4.78, 5) is 8.72. The summed E-state index contributed by atoms with van der Waals surface area (Å²) in [5.74, 6) is 1.50. The molecule has 0 unspecified atom stereocenters. The molecule has 19 heavy (non-hydrogen) atoms. The molecule has 0 saturated heterocycles. The van der Waals surface area contributed by atoms with Crippen LogP contribution in [0.25, 0.3) is 0 Å². The van der Waals surface area contributed by atoms with Crippen molar-refractivity contribution in [1.29, 1.82) is 0 Å². The van der Waals surface area contributed by atoms with Crippen LogP contribution in [0.2, 0.25) is 0 Å².